The molecule has 1 aromatic carbocycles. The number of carboxylic acids is 1. The predicted molar refractivity (Wildman–Crippen MR) is 77.8 cm³/mol. The van der Waals surface area contributed by atoms with Crippen LogP contribution in [0.3, 0.4) is 0 Å². The number of carboxylic acid groups (broad SMARTS) is 1. The lowest BCUT2D eigenvalue weighted by molar-refractivity contribution is -0.138. The molecule has 0 aliphatic rings. The second-order valence-corrected chi connectivity index (χ2v) is 4.82. The van der Waals surface area contributed by atoms with Gasteiger partial charge in [-0.3, -0.25) is 9.69 Å². The molecule has 0 aliphatic heterocycles. The third-order valence-electron chi connectivity index (χ3n) is 2.80. The van der Waals surface area contributed by atoms with Crippen LogP contribution in [0, 0.1) is 0 Å². The van der Waals surface area contributed by atoms with E-state index in [1.165, 1.54) is 7.11 Å². The Bertz CT molecular complexity index is 465. The van der Waals surface area contributed by atoms with E-state index in [4.69, 9.17) is 26.2 Å². The summed E-state index contributed by atoms with van der Waals surface area (Å²) in [6, 6.07) is 3.59. The van der Waals surface area contributed by atoms with E-state index >= 15 is 0 Å². The van der Waals surface area contributed by atoms with E-state index in [9.17, 15) is 4.79 Å². The maximum Gasteiger partial charge on any atom is 0.317 e. The molecule has 1 N–H and O–H groups in total. The number of hydrogen-bond donors (Lipinski definition) is 1. The molecule has 20 heavy (non-hydrogen) atoms. The highest BCUT2D eigenvalue weighted by atomic mass is 35.5. The van der Waals surface area contributed by atoms with Crippen molar-refractivity contribution in [2.45, 2.75) is 19.9 Å². The molecule has 0 aliphatic carbocycles. The number of rotatable bonds is 8. The van der Waals surface area contributed by atoms with Crippen molar-refractivity contribution in [3.05, 3.63) is 22.7 Å². The summed E-state index contributed by atoms with van der Waals surface area (Å²) in [5.74, 6) is 0.185. The van der Waals surface area contributed by atoms with Crippen LogP contribution in [0.2, 0.25) is 5.02 Å². The molecule has 0 unspecified atom stereocenters. The minimum absolute atomic E-state index is 0.000195. The number of nitrogens with zero attached hydrogens (tertiary/aromatic N) is 1. The predicted octanol–water partition coefficient (Wildman–Crippen LogP) is 2.65. The highest BCUT2D eigenvalue weighted by molar-refractivity contribution is 6.32. The summed E-state index contributed by atoms with van der Waals surface area (Å²) in [6.45, 7) is 3.22. The lowest BCUT2D eigenvalue weighted by Crippen LogP contribution is -2.30. The molecule has 0 radical (unpaired) electrons. The quantitative estimate of drug-likeness (QED) is 0.800. The van der Waals surface area contributed by atoms with Gasteiger partial charge in [0.15, 0.2) is 11.5 Å². The Hall–Kier alpha value is -1.46. The number of benzene rings is 1. The molecule has 0 atom stereocenters. The molecule has 0 fully saturated rings. The Morgan fingerprint density at radius 3 is 2.55 bits per heavy atom. The molecule has 112 valence electrons. The first-order chi connectivity index (χ1) is 9.51. The highest BCUT2D eigenvalue weighted by Crippen LogP contribution is 2.36. The molecule has 0 heterocycles. The summed E-state index contributed by atoms with van der Waals surface area (Å²) in [4.78, 5) is 12.7. The fourth-order valence-corrected chi connectivity index (χ4v) is 2.35. The Morgan fingerprint density at radius 2 is 2.05 bits per heavy atom. The van der Waals surface area contributed by atoms with E-state index in [0.29, 0.717) is 29.6 Å². The standard InChI is InChI=1S/C14H20ClNO4/c1-4-5-16(9-13(17)18)8-10-6-11(15)14(20-3)12(7-10)19-2/h6-7H,4-5,8-9H2,1-3H3,(H,17,18). The number of aliphatic carboxylic acids is 1. The normalized spacial score (nSPS) is 10.7. The van der Waals surface area contributed by atoms with Crippen molar-refractivity contribution in [1.29, 1.82) is 0 Å². The third-order valence-corrected chi connectivity index (χ3v) is 3.08. The first-order valence-electron chi connectivity index (χ1n) is 6.36. The van der Waals surface area contributed by atoms with Crippen molar-refractivity contribution in [2.75, 3.05) is 27.3 Å². The van der Waals surface area contributed by atoms with Gasteiger partial charge in [-0.2, -0.15) is 0 Å². The van der Waals surface area contributed by atoms with E-state index < -0.39 is 5.97 Å². The van der Waals surface area contributed by atoms with Gasteiger partial charge < -0.3 is 14.6 Å². The summed E-state index contributed by atoms with van der Waals surface area (Å²) in [5.41, 5.74) is 0.891. The first-order valence-corrected chi connectivity index (χ1v) is 6.74. The van der Waals surface area contributed by atoms with Crippen LogP contribution < -0.4 is 9.47 Å². The van der Waals surface area contributed by atoms with Crippen molar-refractivity contribution >= 4 is 17.6 Å². The van der Waals surface area contributed by atoms with Crippen LogP contribution in [0.5, 0.6) is 11.5 Å². The Balaban J connectivity index is 2.95. The van der Waals surface area contributed by atoms with Gasteiger partial charge >= 0.3 is 5.97 Å². The largest absolute Gasteiger partial charge is 0.493 e. The van der Waals surface area contributed by atoms with Crippen molar-refractivity contribution in [3.8, 4) is 11.5 Å². The van der Waals surface area contributed by atoms with Gasteiger partial charge in [-0.15, -0.1) is 0 Å². The zero-order valence-electron chi connectivity index (χ0n) is 12.0. The van der Waals surface area contributed by atoms with E-state index in [-0.39, 0.29) is 6.54 Å². The van der Waals surface area contributed by atoms with Gasteiger partial charge in [0.05, 0.1) is 25.8 Å². The monoisotopic (exact) mass is 301 g/mol. The highest BCUT2D eigenvalue weighted by Gasteiger charge is 2.14. The van der Waals surface area contributed by atoms with E-state index in [1.54, 1.807) is 13.2 Å². The molecule has 6 heteroatoms. The van der Waals surface area contributed by atoms with Crippen molar-refractivity contribution in [3.63, 3.8) is 0 Å². The summed E-state index contributed by atoms with van der Waals surface area (Å²) >= 11 is 6.14. The fourth-order valence-electron chi connectivity index (χ4n) is 2.04. The fraction of sp³-hybridized carbons (Fsp3) is 0.500. The average molecular weight is 302 g/mol. The Labute approximate surface area is 124 Å². The summed E-state index contributed by atoms with van der Waals surface area (Å²) in [5, 5.41) is 9.37. The SMILES string of the molecule is CCCN(CC(=O)O)Cc1cc(Cl)c(OC)c(OC)c1. The molecule has 0 spiro atoms. The zero-order valence-corrected chi connectivity index (χ0v) is 12.7. The number of halogens is 1. The van der Waals surface area contributed by atoms with Crippen LogP contribution >= 0.6 is 11.6 Å². The smallest absolute Gasteiger partial charge is 0.317 e. The molecule has 1 aromatic rings. The van der Waals surface area contributed by atoms with Gasteiger partial charge in [-0.25, -0.2) is 0 Å². The molecule has 0 saturated carbocycles. The van der Waals surface area contributed by atoms with Crippen LogP contribution in [0.4, 0.5) is 0 Å². The van der Waals surface area contributed by atoms with Gasteiger partial charge in [0.2, 0.25) is 0 Å². The Morgan fingerprint density at radius 1 is 1.35 bits per heavy atom. The number of carbonyl (C=O) groups is 1. The van der Waals surface area contributed by atoms with Crippen molar-refractivity contribution in [1.82, 2.24) is 4.90 Å². The second-order valence-electron chi connectivity index (χ2n) is 4.42. The van der Waals surface area contributed by atoms with Crippen LogP contribution in [0.1, 0.15) is 18.9 Å². The lowest BCUT2D eigenvalue weighted by atomic mass is 10.1. The van der Waals surface area contributed by atoms with Crippen LogP contribution in [0.15, 0.2) is 12.1 Å². The van der Waals surface area contributed by atoms with E-state index in [2.05, 4.69) is 0 Å². The molecule has 0 aromatic heterocycles. The lowest BCUT2D eigenvalue weighted by Gasteiger charge is -2.20. The molecular weight excluding hydrogens is 282 g/mol. The van der Waals surface area contributed by atoms with Crippen LogP contribution in [-0.2, 0) is 11.3 Å². The Kier molecular flexibility index (Phi) is 6.61. The van der Waals surface area contributed by atoms with Crippen LogP contribution in [-0.4, -0.2) is 43.3 Å². The minimum atomic E-state index is -0.843. The maximum atomic E-state index is 10.9. The minimum Gasteiger partial charge on any atom is -0.493 e. The number of hydrogen-bond acceptors (Lipinski definition) is 4. The topological polar surface area (TPSA) is 59.0 Å². The molecule has 0 saturated heterocycles. The van der Waals surface area contributed by atoms with Crippen molar-refractivity contribution in [2.24, 2.45) is 0 Å². The average Bonchev–Trinajstić information content (AvgIpc) is 2.37. The van der Waals surface area contributed by atoms with E-state index in [0.717, 1.165) is 12.0 Å². The van der Waals surface area contributed by atoms with Gasteiger partial charge in [-0.05, 0) is 30.7 Å². The molecule has 1 rings (SSSR count). The number of methoxy groups -OCH3 is 2. The second kappa shape index (κ2) is 7.97. The third kappa shape index (κ3) is 4.58. The summed E-state index contributed by atoms with van der Waals surface area (Å²) in [6.07, 6.45) is 0.883. The first kappa shape index (κ1) is 16.6. The summed E-state index contributed by atoms with van der Waals surface area (Å²) < 4.78 is 10.4. The van der Waals surface area contributed by atoms with Gasteiger partial charge in [0.25, 0.3) is 0 Å². The summed E-state index contributed by atoms with van der Waals surface area (Å²) in [7, 11) is 3.07. The molecule has 5 nitrogen and oxygen atoms in total. The van der Waals surface area contributed by atoms with E-state index in [1.807, 2.05) is 17.9 Å². The van der Waals surface area contributed by atoms with Gasteiger partial charge in [0, 0.05) is 6.54 Å². The van der Waals surface area contributed by atoms with Gasteiger partial charge in [-0.1, -0.05) is 18.5 Å². The molecular formula is C14H20ClNO4. The van der Waals surface area contributed by atoms with Crippen molar-refractivity contribution < 1.29 is 19.4 Å². The zero-order chi connectivity index (χ0) is 15.1. The number of ether oxygens (including phenoxy) is 2. The molecule has 0 bridgehead atoms. The molecule has 0 amide bonds. The van der Waals surface area contributed by atoms with Crippen LogP contribution in [0.25, 0.3) is 0 Å². The van der Waals surface area contributed by atoms with Gasteiger partial charge in [0.1, 0.15) is 0 Å². The maximum absolute atomic E-state index is 10.9.